The van der Waals surface area contributed by atoms with Crippen molar-refractivity contribution in [2.24, 2.45) is 0 Å². The molecule has 2 aromatic rings. The van der Waals surface area contributed by atoms with Crippen LogP contribution in [0.2, 0.25) is 0 Å². The highest BCUT2D eigenvalue weighted by Gasteiger charge is 2.16. The van der Waals surface area contributed by atoms with Crippen molar-refractivity contribution < 1.29 is 14.3 Å². The monoisotopic (exact) mass is 433 g/mol. The number of nitrogens with zero attached hydrogens (tertiary/aromatic N) is 1. The first-order valence-corrected chi connectivity index (χ1v) is 10.4. The predicted molar refractivity (Wildman–Crippen MR) is 111 cm³/mol. The molecule has 2 rings (SSSR count). The number of rotatable bonds is 10. The summed E-state index contributed by atoms with van der Waals surface area (Å²) >= 11 is 3.44. The number of hydrogen-bond donors (Lipinski definition) is 0. The van der Waals surface area contributed by atoms with E-state index in [0.717, 1.165) is 46.4 Å². The van der Waals surface area contributed by atoms with Crippen molar-refractivity contribution in [2.75, 3.05) is 6.61 Å². The van der Waals surface area contributed by atoms with Crippen LogP contribution in [-0.2, 0) is 16.0 Å². The SMILES string of the molecule is CCCC[C@@H](Oc1ccc(CCC(=O)OCC)c(C)c1)c1cccc(Br)n1. The molecule has 0 aliphatic heterocycles. The summed E-state index contributed by atoms with van der Waals surface area (Å²) in [5, 5.41) is 0. The van der Waals surface area contributed by atoms with Crippen molar-refractivity contribution >= 4 is 21.9 Å². The van der Waals surface area contributed by atoms with Crippen LogP contribution < -0.4 is 4.74 Å². The Morgan fingerprint density at radius 3 is 2.70 bits per heavy atom. The van der Waals surface area contributed by atoms with Gasteiger partial charge in [0.1, 0.15) is 16.5 Å². The number of carbonyl (C=O) groups excluding carboxylic acids is 1. The maximum Gasteiger partial charge on any atom is 0.306 e. The van der Waals surface area contributed by atoms with Gasteiger partial charge >= 0.3 is 5.97 Å². The van der Waals surface area contributed by atoms with Crippen LogP contribution in [0.15, 0.2) is 41.0 Å². The summed E-state index contributed by atoms with van der Waals surface area (Å²) in [5.74, 6) is 0.674. The summed E-state index contributed by atoms with van der Waals surface area (Å²) in [6.07, 6.45) is 4.11. The third kappa shape index (κ3) is 6.98. The maximum absolute atomic E-state index is 11.6. The van der Waals surface area contributed by atoms with Gasteiger partial charge < -0.3 is 9.47 Å². The van der Waals surface area contributed by atoms with Crippen molar-refractivity contribution in [1.82, 2.24) is 4.98 Å². The zero-order valence-electron chi connectivity index (χ0n) is 16.3. The van der Waals surface area contributed by atoms with Crippen molar-refractivity contribution in [1.29, 1.82) is 0 Å². The van der Waals surface area contributed by atoms with Gasteiger partial charge in [-0.25, -0.2) is 4.98 Å². The molecule has 0 saturated carbocycles. The number of hydrogen-bond acceptors (Lipinski definition) is 4. The number of aryl methyl sites for hydroxylation is 2. The molecule has 1 aromatic heterocycles. The molecule has 0 aliphatic carbocycles. The number of pyridine rings is 1. The average molecular weight is 434 g/mol. The van der Waals surface area contributed by atoms with E-state index in [1.165, 1.54) is 0 Å². The normalized spacial score (nSPS) is 11.9. The smallest absolute Gasteiger partial charge is 0.306 e. The molecule has 5 heteroatoms. The molecular weight excluding hydrogens is 406 g/mol. The van der Waals surface area contributed by atoms with E-state index < -0.39 is 0 Å². The first kappa shape index (κ1) is 21.4. The third-order valence-corrected chi connectivity index (χ3v) is 4.82. The van der Waals surface area contributed by atoms with Crippen LogP contribution in [-0.4, -0.2) is 17.6 Å². The van der Waals surface area contributed by atoms with Crippen LogP contribution in [0.5, 0.6) is 5.75 Å². The van der Waals surface area contributed by atoms with E-state index in [1.807, 2.05) is 50.2 Å². The lowest BCUT2D eigenvalue weighted by Gasteiger charge is -2.20. The minimum atomic E-state index is -0.155. The van der Waals surface area contributed by atoms with Crippen molar-refractivity contribution in [3.63, 3.8) is 0 Å². The number of benzene rings is 1. The number of esters is 1. The summed E-state index contributed by atoms with van der Waals surface area (Å²) in [5.41, 5.74) is 3.19. The fraction of sp³-hybridized carbons (Fsp3) is 0.455. The van der Waals surface area contributed by atoms with Gasteiger partial charge in [0.2, 0.25) is 0 Å². The molecule has 146 valence electrons. The summed E-state index contributed by atoms with van der Waals surface area (Å²) in [6.45, 7) is 6.47. The van der Waals surface area contributed by atoms with Crippen LogP contribution in [0.1, 0.15) is 62.5 Å². The molecule has 1 atom stereocenters. The van der Waals surface area contributed by atoms with Crippen LogP contribution in [0.3, 0.4) is 0 Å². The fourth-order valence-corrected chi connectivity index (χ4v) is 3.27. The second kappa shape index (κ2) is 11.1. The number of aromatic nitrogens is 1. The quantitative estimate of drug-likeness (QED) is 0.342. The Hall–Kier alpha value is -1.88. The number of unbranched alkanes of at least 4 members (excludes halogenated alkanes) is 1. The molecule has 0 radical (unpaired) electrons. The summed E-state index contributed by atoms with van der Waals surface area (Å²) in [6, 6.07) is 12.0. The Labute approximate surface area is 170 Å². The Morgan fingerprint density at radius 2 is 2.04 bits per heavy atom. The summed E-state index contributed by atoms with van der Waals surface area (Å²) in [7, 11) is 0. The second-order valence-corrected chi connectivity index (χ2v) is 7.34. The minimum Gasteiger partial charge on any atom is -0.484 e. The Balaban J connectivity index is 2.08. The van der Waals surface area contributed by atoms with Crippen LogP contribution >= 0.6 is 15.9 Å². The maximum atomic E-state index is 11.6. The molecule has 0 spiro atoms. The van der Waals surface area contributed by atoms with Gasteiger partial charge in [-0.2, -0.15) is 0 Å². The van der Waals surface area contributed by atoms with Crippen molar-refractivity contribution in [3.8, 4) is 5.75 Å². The topological polar surface area (TPSA) is 48.4 Å². The van der Waals surface area contributed by atoms with E-state index in [1.54, 1.807) is 0 Å². The van der Waals surface area contributed by atoms with Gasteiger partial charge in [-0.3, -0.25) is 4.79 Å². The van der Waals surface area contributed by atoms with Crippen molar-refractivity contribution in [2.45, 2.75) is 59.0 Å². The average Bonchev–Trinajstić information content (AvgIpc) is 2.64. The fourth-order valence-electron chi connectivity index (χ4n) is 2.92. The largest absolute Gasteiger partial charge is 0.484 e. The van der Waals surface area contributed by atoms with Gasteiger partial charge in [0.05, 0.1) is 12.3 Å². The van der Waals surface area contributed by atoms with E-state index in [4.69, 9.17) is 9.47 Å². The Bertz CT molecular complexity index is 748. The summed E-state index contributed by atoms with van der Waals surface area (Å²) < 4.78 is 12.1. The molecule has 0 unspecified atom stereocenters. The Morgan fingerprint density at radius 1 is 1.22 bits per heavy atom. The van der Waals surface area contributed by atoms with Gasteiger partial charge in [-0.15, -0.1) is 0 Å². The molecule has 4 nitrogen and oxygen atoms in total. The lowest BCUT2D eigenvalue weighted by Crippen LogP contribution is -2.10. The highest BCUT2D eigenvalue weighted by Crippen LogP contribution is 2.28. The standard InChI is InChI=1S/C22H28BrNO3/c1-4-6-9-20(19-8-7-10-21(23)24-19)27-18-13-11-17(16(3)15-18)12-14-22(25)26-5-2/h7-8,10-11,13,15,20H,4-6,9,12,14H2,1-3H3/t20-/m1/s1. The van der Waals surface area contributed by atoms with E-state index in [9.17, 15) is 4.79 Å². The van der Waals surface area contributed by atoms with E-state index in [2.05, 4.69) is 27.8 Å². The molecule has 0 amide bonds. The van der Waals surface area contributed by atoms with E-state index in [0.29, 0.717) is 19.4 Å². The first-order valence-electron chi connectivity index (χ1n) is 9.57. The Kier molecular flexibility index (Phi) is 8.79. The molecule has 1 heterocycles. The van der Waals surface area contributed by atoms with E-state index in [-0.39, 0.29) is 12.1 Å². The lowest BCUT2D eigenvalue weighted by atomic mass is 10.0. The number of halogens is 1. The predicted octanol–water partition coefficient (Wildman–Crippen LogP) is 5.96. The molecule has 0 aliphatic rings. The van der Waals surface area contributed by atoms with Gasteiger partial charge in [0.25, 0.3) is 0 Å². The van der Waals surface area contributed by atoms with Gasteiger partial charge in [0.15, 0.2) is 0 Å². The number of carbonyl (C=O) groups is 1. The second-order valence-electron chi connectivity index (χ2n) is 6.53. The summed E-state index contributed by atoms with van der Waals surface area (Å²) in [4.78, 5) is 16.1. The molecule has 0 fully saturated rings. The van der Waals surface area contributed by atoms with Gasteiger partial charge in [-0.05, 0) is 84.4 Å². The molecule has 1 aromatic carbocycles. The van der Waals surface area contributed by atoms with E-state index >= 15 is 0 Å². The van der Waals surface area contributed by atoms with Crippen LogP contribution in [0, 0.1) is 6.92 Å². The van der Waals surface area contributed by atoms with Crippen LogP contribution in [0.4, 0.5) is 0 Å². The van der Waals surface area contributed by atoms with Gasteiger partial charge in [0, 0.05) is 6.42 Å². The molecule has 0 N–H and O–H groups in total. The zero-order valence-corrected chi connectivity index (χ0v) is 17.9. The highest BCUT2D eigenvalue weighted by molar-refractivity contribution is 9.10. The molecular formula is C22H28BrNO3. The third-order valence-electron chi connectivity index (χ3n) is 4.38. The van der Waals surface area contributed by atoms with Crippen molar-refractivity contribution in [3.05, 3.63) is 57.8 Å². The minimum absolute atomic E-state index is 0.0766. The molecule has 0 saturated heterocycles. The molecule has 27 heavy (non-hydrogen) atoms. The zero-order chi connectivity index (χ0) is 19.6. The number of ether oxygens (including phenoxy) is 2. The first-order chi connectivity index (χ1) is 13.0. The highest BCUT2D eigenvalue weighted by atomic mass is 79.9. The molecule has 0 bridgehead atoms. The lowest BCUT2D eigenvalue weighted by molar-refractivity contribution is -0.143. The van der Waals surface area contributed by atoms with Gasteiger partial charge in [-0.1, -0.05) is 25.5 Å². The van der Waals surface area contributed by atoms with Crippen LogP contribution in [0.25, 0.3) is 0 Å².